The second-order valence-corrected chi connectivity index (χ2v) is 10.6. The monoisotopic (exact) mass is 592 g/mol. The number of halogens is 1. The largest absolute Gasteiger partial charge is 0.484 e. The van der Waals surface area contributed by atoms with E-state index in [4.69, 9.17) is 22.1 Å². The highest BCUT2D eigenvalue weighted by atomic mass is 35.5. The van der Waals surface area contributed by atoms with Crippen molar-refractivity contribution in [1.82, 2.24) is 0 Å². The van der Waals surface area contributed by atoms with Crippen LogP contribution in [-0.4, -0.2) is 55.7 Å². The summed E-state index contributed by atoms with van der Waals surface area (Å²) < 4.78 is 5.71. The quantitative estimate of drug-likeness (QED) is 0.315. The molecule has 3 N–H and O–H groups in total. The fraction of sp³-hybridized carbons (Fsp3) is 0.290. The molecule has 0 atom stereocenters. The van der Waals surface area contributed by atoms with Gasteiger partial charge in [-0.15, -0.1) is 0 Å². The van der Waals surface area contributed by atoms with E-state index in [2.05, 4.69) is 0 Å². The lowest BCUT2D eigenvalue weighted by Crippen LogP contribution is -2.46. The van der Waals surface area contributed by atoms with E-state index in [0.29, 0.717) is 34.6 Å². The first-order chi connectivity index (χ1) is 20.1. The molecule has 0 bridgehead atoms. The van der Waals surface area contributed by atoms with Crippen LogP contribution in [0.1, 0.15) is 36.0 Å². The molecule has 4 amide bonds. The number of primary amides is 1. The highest BCUT2D eigenvalue weighted by molar-refractivity contribution is 6.30. The molecule has 220 valence electrons. The number of urea groups is 1. The predicted molar refractivity (Wildman–Crippen MR) is 161 cm³/mol. The minimum Gasteiger partial charge on any atom is -0.484 e. The Hall–Kier alpha value is -4.57. The zero-order valence-electron chi connectivity index (χ0n) is 23.2. The van der Waals surface area contributed by atoms with E-state index in [1.165, 1.54) is 29.2 Å². The third-order valence-corrected chi connectivity index (χ3v) is 7.50. The lowest BCUT2D eigenvalue weighted by Gasteiger charge is -2.29. The summed E-state index contributed by atoms with van der Waals surface area (Å²) in [5.74, 6) is -1.03. The third-order valence-electron chi connectivity index (χ3n) is 7.26. The van der Waals surface area contributed by atoms with Crippen LogP contribution in [-0.2, 0) is 9.59 Å². The van der Waals surface area contributed by atoms with Crippen LogP contribution >= 0.6 is 11.6 Å². The molecule has 1 aliphatic carbocycles. The summed E-state index contributed by atoms with van der Waals surface area (Å²) in [5, 5.41) is 9.86. The Morgan fingerprint density at radius 1 is 0.881 bits per heavy atom. The molecular weight excluding hydrogens is 560 g/mol. The molecule has 0 aliphatic heterocycles. The number of benzene rings is 3. The Morgan fingerprint density at radius 2 is 1.55 bits per heavy atom. The summed E-state index contributed by atoms with van der Waals surface area (Å²) in [6, 6.07) is 18.6. The van der Waals surface area contributed by atoms with Crippen LogP contribution < -0.4 is 25.2 Å². The lowest BCUT2D eigenvalue weighted by atomic mass is 10.1. The number of nitrogens with zero attached hydrogens (tertiary/aromatic N) is 3. The molecule has 0 unspecified atom stereocenters. The molecule has 1 fully saturated rings. The number of amides is 4. The van der Waals surface area contributed by atoms with Crippen molar-refractivity contribution in [1.29, 1.82) is 0 Å². The number of carbonyl (C=O) groups excluding carboxylic acids is 3. The molecule has 11 heteroatoms. The Balaban J connectivity index is 1.47. The first-order valence-electron chi connectivity index (χ1n) is 13.6. The number of ether oxygens (including phenoxy) is 1. The van der Waals surface area contributed by atoms with Crippen LogP contribution in [0.4, 0.5) is 21.9 Å². The summed E-state index contributed by atoms with van der Waals surface area (Å²) in [5.41, 5.74) is 7.04. The van der Waals surface area contributed by atoms with Crippen molar-refractivity contribution in [3.05, 3.63) is 83.4 Å². The van der Waals surface area contributed by atoms with E-state index in [9.17, 15) is 24.3 Å². The van der Waals surface area contributed by atoms with Crippen molar-refractivity contribution < 1.29 is 29.0 Å². The fourth-order valence-electron chi connectivity index (χ4n) is 4.92. The normalized spacial score (nSPS) is 12.9. The van der Waals surface area contributed by atoms with Gasteiger partial charge in [0.2, 0.25) is 5.91 Å². The molecule has 3 aromatic rings. The second-order valence-electron chi connectivity index (χ2n) is 10.1. The summed E-state index contributed by atoms with van der Waals surface area (Å²) in [4.78, 5) is 54.2. The van der Waals surface area contributed by atoms with Crippen molar-refractivity contribution in [2.24, 2.45) is 11.7 Å². The SMILES string of the molecule is CN(C(=O)COc1ccc(N(CC2CCCC2)C(=O)CN(C(N)=O)c2cccc(C(=O)O)c2)cc1)c1cccc(Cl)c1. The number of hydrogen-bond donors (Lipinski definition) is 2. The van der Waals surface area contributed by atoms with E-state index in [1.54, 1.807) is 60.5 Å². The number of hydrogen-bond acceptors (Lipinski definition) is 5. The highest BCUT2D eigenvalue weighted by Gasteiger charge is 2.27. The van der Waals surface area contributed by atoms with Gasteiger partial charge < -0.3 is 25.4 Å². The van der Waals surface area contributed by atoms with Crippen molar-refractivity contribution in [2.45, 2.75) is 25.7 Å². The predicted octanol–water partition coefficient (Wildman–Crippen LogP) is 5.19. The molecule has 0 spiro atoms. The summed E-state index contributed by atoms with van der Waals surface area (Å²) in [7, 11) is 1.64. The van der Waals surface area contributed by atoms with E-state index in [-0.39, 0.29) is 36.2 Å². The number of carbonyl (C=O) groups is 4. The van der Waals surface area contributed by atoms with E-state index < -0.39 is 12.0 Å². The average molecular weight is 593 g/mol. The maximum Gasteiger partial charge on any atom is 0.335 e. The molecule has 10 nitrogen and oxygen atoms in total. The van der Waals surface area contributed by atoms with E-state index in [1.807, 2.05) is 0 Å². The zero-order chi connectivity index (χ0) is 30.2. The van der Waals surface area contributed by atoms with Gasteiger partial charge in [0, 0.05) is 35.7 Å². The third kappa shape index (κ3) is 7.79. The number of aromatic carboxylic acids is 1. The highest BCUT2D eigenvalue weighted by Crippen LogP contribution is 2.29. The first-order valence-corrected chi connectivity index (χ1v) is 14.0. The summed E-state index contributed by atoms with van der Waals surface area (Å²) >= 11 is 6.03. The van der Waals surface area contributed by atoms with E-state index in [0.717, 1.165) is 30.6 Å². The Bertz CT molecular complexity index is 1440. The van der Waals surface area contributed by atoms with Gasteiger partial charge in [-0.1, -0.05) is 36.6 Å². The molecule has 0 aromatic heterocycles. The molecule has 0 saturated heterocycles. The van der Waals surface area contributed by atoms with Gasteiger partial charge in [-0.2, -0.15) is 0 Å². The number of rotatable bonds is 11. The number of anilines is 3. The van der Waals surface area contributed by atoms with Crippen LogP contribution in [0.2, 0.25) is 5.02 Å². The maximum absolute atomic E-state index is 13.6. The van der Waals surface area contributed by atoms with Crippen molar-refractivity contribution in [3.63, 3.8) is 0 Å². The Morgan fingerprint density at radius 3 is 2.19 bits per heavy atom. The van der Waals surface area contributed by atoms with Gasteiger partial charge >= 0.3 is 12.0 Å². The maximum atomic E-state index is 13.6. The number of likely N-dealkylation sites (N-methyl/N-ethyl adjacent to an activating group) is 1. The second kappa shape index (κ2) is 13.9. The van der Waals surface area contributed by atoms with Gasteiger partial charge in [0.05, 0.1) is 5.56 Å². The molecular formula is C31H33ClN4O6. The van der Waals surface area contributed by atoms with Crippen LogP contribution in [0.25, 0.3) is 0 Å². The lowest BCUT2D eigenvalue weighted by molar-refractivity contribution is -0.120. The van der Waals surface area contributed by atoms with Gasteiger partial charge in [-0.3, -0.25) is 14.5 Å². The minimum absolute atomic E-state index is 0.0261. The van der Waals surface area contributed by atoms with Crippen LogP contribution in [0.3, 0.4) is 0 Å². The standard InChI is InChI=1S/C31H33ClN4O6/c1-34(25-10-5-9-23(32)17-25)29(38)20-42-27-14-12-24(13-15-27)35(18-21-6-2-3-7-21)28(37)19-36(31(33)41)26-11-4-8-22(16-26)30(39)40/h4-5,8-17,21H,2-3,6-7,18-20H2,1H3,(H2,33,41)(H,39,40). The molecule has 1 aliphatic rings. The molecule has 1 saturated carbocycles. The molecule has 3 aromatic carbocycles. The van der Waals surface area contributed by atoms with Crippen molar-refractivity contribution >= 4 is 52.5 Å². The number of carboxylic acids is 1. The average Bonchev–Trinajstić information content (AvgIpc) is 3.50. The van der Waals surface area contributed by atoms with Gasteiger partial charge in [-0.05, 0) is 79.4 Å². The van der Waals surface area contributed by atoms with E-state index >= 15 is 0 Å². The van der Waals surface area contributed by atoms with Crippen molar-refractivity contribution in [2.75, 3.05) is 41.4 Å². The molecule has 42 heavy (non-hydrogen) atoms. The molecule has 4 rings (SSSR count). The van der Waals surface area contributed by atoms with Crippen LogP contribution in [0.5, 0.6) is 5.75 Å². The van der Waals surface area contributed by atoms with Crippen LogP contribution in [0.15, 0.2) is 72.8 Å². The van der Waals surface area contributed by atoms with Gasteiger partial charge in [0.15, 0.2) is 6.61 Å². The topological polar surface area (TPSA) is 133 Å². The van der Waals surface area contributed by atoms with Gasteiger partial charge in [-0.25, -0.2) is 9.59 Å². The summed E-state index contributed by atoms with van der Waals surface area (Å²) in [6.07, 6.45) is 4.17. The Labute approximate surface area is 249 Å². The first kappa shape index (κ1) is 30.4. The minimum atomic E-state index is -1.16. The number of carboxylic acid groups (broad SMARTS) is 1. The van der Waals surface area contributed by atoms with Gasteiger partial charge in [0.1, 0.15) is 12.3 Å². The summed E-state index contributed by atoms with van der Waals surface area (Å²) in [6.45, 7) is -0.104. The van der Waals surface area contributed by atoms with Gasteiger partial charge in [0.25, 0.3) is 5.91 Å². The molecule has 0 radical (unpaired) electrons. The molecule has 0 heterocycles. The van der Waals surface area contributed by atoms with Crippen LogP contribution in [0, 0.1) is 5.92 Å². The van der Waals surface area contributed by atoms with Crippen molar-refractivity contribution in [3.8, 4) is 5.75 Å². The fourth-order valence-corrected chi connectivity index (χ4v) is 5.10. The Kier molecular flexibility index (Phi) is 10.0. The smallest absolute Gasteiger partial charge is 0.335 e. The number of nitrogens with two attached hydrogens (primary N) is 1. The zero-order valence-corrected chi connectivity index (χ0v) is 24.0.